The van der Waals surface area contributed by atoms with Gasteiger partial charge in [-0.1, -0.05) is 67.6 Å². The van der Waals surface area contributed by atoms with Crippen LogP contribution in [0.4, 0.5) is 0 Å². The summed E-state index contributed by atoms with van der Waals surface area (Å²) >= 11 is 0. The number of carbonyl (C=O) groups is 3. The van der Waals surface area contributed by atoms with E-state index in [1.807, 2.05) is 12.1 Å². The first-order valence-electron chi connectivity index (χ1n) is 13.9. The van der Waals surface area contributed by atoms with Crippen LogP contribution >= 0.6 is 0 Å². The standard InChI is InChI=1S/C30H36N6O6S/c1-3-27(37)36(20-22-9-5-4-6-10-22)30(29(39)42-21-33-31,28(38)35(2)25-15-17-32-18-16-25)34-43(40,41)26-14-13-23-11-7-8-12-24(23)19-26/h4-14,19,21,25,32,34H,3,15-18,20,31H2,1-2H3. The average Bonchev–Trinajstić information content (AvgIpc) is 3.04. The molecule has 12 nitrogen and oxygen atoms in total. The Labute approximate surface area is 250 Å². The normalized spacial score (nSPS) is 15.6. The molecule has 3 aromatic carbocycles. The monoisotopic (exact) mass is 608 g/mol. The van der Waals surface area contributed by atoms with Gasteiger partial charge in [-0.2, -0.15) is 9.82 Å². The quantitative estimate of drug-likeness (QED) is 0.0565. The summed E-state index contributed by atoms with van der Waals surface area (Å²) in [6, 6.07) is 19.9. The van der Waals surface area contributed by atoms with Crippen molar-refractivity contribution in [2.75, 3.05) is 20.1 Å². The summed E-state index contributed by atoms with van der Waals surface area (Å²) < 4.78 is 35.8. The van der Waals surface area contributed by atoms with Crippen LogP contribution in [0, 0.1) is 0 Å². The minimum absolute atomic E-state index is 0.144. The predicted octanol–water partition coefficient (Wildman–Crippen LogP) is 1.91. The van der Waals surface area contributed by atoms with Crippen molar-refractivity contribution >= 4 is 45.0 Å². The zero-order valence-corrected chi connectivity index (χ0v) is 24.9. The van der Waals surface area contributed by atoms with Crippen molar-refractivity contribution in [3.63, 3.8) is 0 Å². The van der Waals surface area contributed by atoms with Gasteiger partial charge < -0.3 is 25.7 Å². The van der Waals surface area contributed by atoms with Gasteiger partial charge in [-0.05, 0) is 54.4 Å². The molecule has 0 spiro atoms. The number of piperidine rings is 1. The van der Waals surface area contributed by atoms with Gasteiger partial charge in [-0.15, -0.1) is 0 Å². The molecule has 1 atom stereocenters. The molecule has 1 saturated heterocycles. The number of rotatable bonds is 11. The van der Waals surface area contributed by atoms with E-state index in [1.165, 1.54) is 24.1 Å². The van der Waals surface area contributed by atoms with E-state index < -0.39 is 33.5 Å². The van der Waals surface area contributed by atoms with Crippen molar-refractivity contribution in [2.45, 2.75) is 49.3 Å². The maximum atomic E-state index is 14.7. The molecule has 0 aromatic heterocycles. The summed E-state index contributed by atoms with van der Waals surface area (Å²) in [5, 5.41) is 7.83. The smallest absolute Gasteiger partial charge is 0.365 e. The van der Waals surface area contributed by atoms with Crippen molar-refractivity contribution in [3.05, 3.63) is 78.4 Å². The van der Waals surface area contributed by atoms with Gasteiger partial charge in [-0.25, -0.2) is 13.2 Å². The van der Waals surface area contributed by atoms with Crippen LogP contribution in [0.1, 0.15) is 31.7 Å². The number of hydrogen-bond donors (Lipinski definition) is 3. The Morgan fingerprint density at radius 1 is 1.05 bits per heavy atom. The Hall–Kier alpha value is -4.33. The molecule has 3 aromatic rings. The number of fused-ring (bicyclic) bond motifs is 1. The number of sulfonamides is 1. The van der Waals surface area contributed by atoms with Gasteiger partial charge in [0.15, 0.2) is 0 Å². The van der Waals surface area contributed by atoms with Crippen molar-refractivity contribution in [1.29, 1.82) is 0 Å². The van der Waals surface area contributed by atoms with E-state index in [0.717, 1.165) is 10.3 Å². The Morgan fingerprint density at radius 2 is 1.70 bits per heavy atom. The molecule has 1 unspecified atom stereocenters. The summed E-state index contributed by atoms with van der Waals surface area (Å²) in [7, 11) is -3.16. The molecule has 0 saturated carbocycles. The molecule has 0 bridgehead atoms. The number of carbonyl (C=O) groups excluding carboxylic acids is 3. The number of nitrogens with zero attached hydrogens (tertiary/aromatic N) is 3. The molecule has 1 aliphatic rings. The van der Waals surface area contributed by atoms with Crippen molar-refractivity contribution in [1.82, 2.24) is 19.8 Å². The molecule has 1 aliphatic heterocycles. The minimum Gasteiger partial charge on any atom is -0.410 e. The van der Waals surface area contributed by atoms with Gasteiger partial charge >= 0.3 is 5.97 Å². The number of benzene rings is 3. The lowest BCUT2D eigenvalue weighted by molar-refractivity contribution is -0.171. The molecule has 43 heavy (non-hydrogen) atoms. The fourth-order valence-electron chi connectivity index (χ4n) is 5.17. The predicted molar refractivity (Wildman–Crippen MR) is 162 cm³/mol. The summed E-state index contributed by atoms with van der Waals surface area (Å²) in [6.07, 6.45) is 1.55. The van der Waals surface area contributed by atoms with Crippen LogP contribution in [0.15, 0.2) is 82.8 Å². The number of hydrogen-bond acceptors (Lipinski definition) is 9. The summed E-state index contributed by atoms with van der Waals surface area (Å²) in [4.78, 5) is 44.4. The van der Waals surface area contributed by atoms with E-state index >= 15 is 0 Å². The number of ether oxygens (including phenoxy) is 1. The Balaban J connectivity index is 1.94. The van der Waals surface area contributed by atoms with Crippen LogP contribution in [-0.4, -0.2) is 74.2 Å². The second-order valence-corrected chi connectivity index (χ2v) is 11.9. The lowest BCUT2D eigenvalue weighted by Crippen LogP contribution is -2.74. The molecule has 0 radical (unpaired) electrons. The van der Waals surface area contributed by atoms with Crippen molar-refractivity contribution < 1.29 is 27.5 Å². The van der Waals surface area contributed by atoms with Crippen LogP contribution in [-0.2, 0) is 35.7 Å². The van der Waals surface area contributed by atoms with Crippen molar-refractivity contribution in [2.24, 2.45) is 10.9 Å². The van der Waals surface area contributed by atoms with Gasteiger partial charge in [0, 0.05) is 26.1 Å². The maximum absolute atomic E-state index is 14.7. The molecule has 1 heterocycles. The van der Waals surface area contributed by atoms with Crippen LogP contribution in [0.5, 0.6) is 0 Å². The van der Waals surface area contributed by atoms with E-state index in [4.69, 9.17) is 10.6 Å². The van der Waals surface area contributed by atoms with E-state index in [0.29, 0.717) is 43.3 Å². The van der Waals surface area contributed by atoms with Crippen LogP contribution in [0.2, 0.25) is 0 Å². The molecule has 13 heteroatoms. The molecule has 0 aliphatic carbocycles. The van der Waals surface area contributed by atoms with Gasteiger partial charge in [0.2, 0.25) is 22.3 Å². The third-order valence-corrected chi connectivity index (χ3v) is 8.95. The second kappa shape index (κ2) is 13.8. The number of amides is 2. The third-order valence-electron chi connectivity index (χ3n) is 7.51. The first-order chi connectivity index (χ1) is 20.6. The lowest BCUT2D eigenvalue weighted by atomic mass is 10.00. The summed E-state index contributed by atoms with van der Waals surface area (Å²) in [6.45, 7) is 2.50. The molecule has 1 fully saturated rings. The molecule has 4 N–H and O–H groups in total. The fourth-order valence-corrected chi connectivity index (χ4v) is 6.49. The molecular formula is C30H36N6O6S. The SMILES string of the molecule is CCC(=O)N(Cc1ccccc1)C(NS(=O)(=O)c1ccc2ccccc2c1)(C(=O)OC=NN)C(=O)N(C)C1CCNCC1. The Kier molecular flexibility index (Phi) is 10.1. The third kappa shape index (κ3) is 6.85. The van der Waals surface area contributed by atoms with Crippen LogP contribution in [0.3, 0.4) is 0 Å². The van der Waals surface area contributed by atoms with E-state index in [9.17, 15) is 22.8 Å². The molecular weight excluding hydrogens is 572 g/mol. The van der Waals surface area contributed by atoms with E-state index in [1.54, 1.807) is 55.5 Å². The lowest BCUT2D eigenvalue weighted by Gasteiger charge is -2.44. The van der Waals surface area contributed by atoms with Gasteiger partial charge in [0.25, 0.3) is 11.6 Å². The number of hydrazone groups is 1. The zero-order chi connectivity index (χ0) is 31.0. The van der Waals surface area contributed by atoms with Gasteiger partial charge in [0.05, 0.1) is 4.90 Å². The van der Waals surface area contributed by atoms with E-state index in [2.05, 4.69) is 15.1 Å². The highest BCUT2D eigenvalue weighted by molar-refractivity contribution is 7.89. The van der Waals surface area contributed by atoms with Crippen molar-refractivity contribution in [3.8, 4) is 0 Å². The van der Waals surface area contributed by atoms with Crippen LogP contribution in [0.25, 0.3) is 10.8 Å². The summed E-state index contributed by atoms with van der Waals surface area (Å²) in [5.41, 5.74) is -2.30. The Bertz CT molecular complexity index is 1590. The number of likely N-dealkylation sites (N-methyl/N-ethyl adjacent to an activating group) is 1. The number of nitrogens with one attached hydrogen (secondary N) is 2. The topological polar surface area (TPSA) is 164 Å². The molecule has 4 rings (SSSR count). The van der Waals surface area contributed by atoms with Gasteiger partial charge in [0.1, 0.15) is 0 Å². The second-order valence-electron chi connectivity index (χ2n) is 10.2. The number of nitrogens with two attached hydrogens (primary N) is 1. The van der Waals surface area contributed by atoms with Gasteiger partial charge in [-0.3, -0.25) is 9.59 Å². The highest BCUT2D eigenvalue weighted by Crippen LogP contribution is 2.28. The zero-order valence-electron chi connectivity index (χ0n) is 24.1. The van der Waals surface area contributed by atoms with Crippen LogP contribution < -0.4 is 15.9 Å². The average molecular weight is 609 g/mol. The molecule has 228 valence electrons. The largest absolute Gasteiger partial charge is 0.410 e. The first kappa shape index (κ1) is 31.6. The molecule has 2 amide bonds. The summed E-state index contributed by atoms with van der Waals surface area (Å²) in [5.74, 6) is 2.18. The number of esters is 1. The minimum atomic E-state index is -4.65. The Morgan fingerprint density at radius 3 is 2.35 bits per heavy atom. The highest BCUT2D eigenvalue weighted by atomic mass is 32.2. The van der Waals surface area contributed by atoms with E-state index in [-0.39, 0.29) is 23.9 Å². The fraction of sp³-hybridized carbons (Fsp3) is 0.333. The first-order valence-corrected chi connectivity index (χ1v) is 15.4. The maximum Gasteiger partial charge on any atom is 0.365 e. The highest BCUT2D eigenvalue weighted by Gasteiger charge is 2.59.